The SMILES string of the molecule is COc1ccc(-c2cccc(CC(N)C(=O)O)c2)cc1. The van der Waals surface area contributed by atoms with Crippen LogP contribution in [0.1, 0.15) is 5.56 Å². The summed E-state index contributed by atoms with van der Waals surface area (Å²) in [6.07, 6.45) is 0.319. The number of carboxylic acids is 1. The zero-order valence-corrected chi connectivity index (χ0v) is 11.2. The number of benzene rings is 2. The van der Waals surface area contributed by atoms with Gasteiger partial charge < -0.3 is 15.6 Å². The van der Waals surface area contributed by atoms with Gasteiger partial charge in [0.2, 0.25) is 0 Å². The van der Waals surface area contributed by atoms with Crippen LogP contribution in [0.2, 0.25) is 0 Å². The normalized spacial score (nSPS) is 11.9. The summed E-state index contributed by atoms with van der Waals surface area (Å²) in [7, 11) is 1.63. The van der Waals surface area contributed by atoms with Crippen LogP contribution in [0.25, 0.3) is 11.1 Å². The van der Waals surface area contributed by atoms with Crippen molar-refractivity contribution in [1.82, 2.24) is 0 Å². The average Bonchev–Trinajstić information content (AvgIpc) is 2.47. The lowest BCUT2D eigenvalue weighted by Gasteiger charge is -2.09. The Bertz CT molecular complexity index is 593. The molecule has 0 aromatic heterocycles. The molecule has 0 amide bonds. The predicted octanol–water partition coefficient (Wildman–Crippen LogP) is 2.32. The molecule has 1 unspecified atom stereocenters. The first-order valence-electron chi connectivity index (χ1n) is 6.32. The molecule has 0 heterocycles. The summed E-state index contributed by atoms with van der Waals surface area (Å²) in [5.41, 5.74) is 8.55. The van der Waals surface area contributed by atoms with Gasteiger partial charge in [-0.2, -0.15) is 0 Å². The van der Waals surface area contributed by atoms with Crippen molar-refractivity contribution in [2.24, 2.45) is 5.73 Å². The van der Waals surface area contributed by atoms with Crippen molar-refractivity contribution in [3.05, 3.63) is 54.1 Å². The van der Waals surface area contributed by atoms with Gasteiger partial charge in [0.25, 0.3) is 0 Å². The summed E-state index contributed by atoms with van der Waals surface area (Å²) in [6.45, 7) is 0. The molecule has 0 radical (unpaired) electrons. The highest BCUT2D eigenvalue weighted by molar-refractivity contribution is 5.73. The number of carboxylic acid groups (broad SMARTS) is 1. The molecule has 0 aliphatic carbocycles. The molecule has 1 atom stereocenters. The van der Waals surface area contributed by atoms with Gasteiger partial charge in [0.1, 0.15) is 11.8 Å². The first-order chi connectivity index (χ1) is 9.60. The topological polar surface area (TPSA) is 72.5 Å². The van der Waals surface area contributed by atoms with Crippen molar-refractivity contribution < 1.29 is 14.6 Å². The van der Waals surface area contributed by atoms with Gasteiger partial charge in [0.05, 0.1) is 7.11 Å². The quantitative estimate of drug-likeness (QED) is 0.875. The summed E-state index contributed by atoms with van der Waals surface area (Å²) in [5.74, 6) is -0.183. The van der Waals surface area contributed by atoms with E-state index in [0.29, 0.717) is 6.42 Å². The van der Waals surface area contributed by atoms with Crippen LogP contribution >= 0.6 is 0 Å². The molecule has 2 rings (SSSR count). The zero-order chi connectivity index (χ0) is 14.5. The molecule has 0 aliphatic heterocycles. The highest BCUT2D eigenvalue weighted by Gasteiger charge is 2.12. The maximum Gasteiger partial charge on any atom is 0.320 e. The van der Waals surface area contributed by atoms with Gasteiger partial charge in [0, 0.05) is 0 Å². The first kappa shape index (κ1) is 14.1. The molecule has 2 aromatic rings. The molecule has 0 fully saturated rings. The van der Waals surface area contributed by atoms with Crippen LogP contribution in [-0.4, -0.2) is 24.2 Å². The molecule has 20 heavy (non-hydrogen) atoms. The zero-order valence-electron chi connectivity index (χ0n) is 11.2. The van der Waals surface area contributed by atoms with E-state index in [4.69, 9.17) is 15.6 Å². The smallest absolute Gasteiger partial charge is 0.320 e. The standard InChI is InChI=1S/C16H17NO3/c1-20-14-7-5-12(6-8-14)13-4-2-3-11(9-13)10-15(17)16(18)19/h2-9,15H,10,17H2,1H3,(H,18,19). The minimum atomic E-state index is -0.986. The Hall–Kier alpha value is -2.33. The minimum Gasteiger partial charge on any atom is -0.497 e. The van der Waals surface area contributed by atoms with E-state index in [-0.39, 0.29) is 0 Å². The van der Waals surface area contributed by atoms with Gasteiger partial charge in [0.15, 0.2) is 0 Å². The molecule has 0 saturated heterocycles. The Kier molecular flexibility index (Phi) is 4.38. The van der Waals surface area contributed by atoms with Crippen LogP contribution in [0.15, 0.2) is 48.5 Å². The van der Waals surface area contributed by atoms with E-state index < -0.39 is 12.0 Å². The Morgan fingerprint density at radius 3 is 2.50 bits per heavy atom. The van der Waals surface area contributed by atoms with Crippen molar-refractivity contribution in [2.45, 2.75) is 12.5 Å². The van der Waals surface area contributed by atoms with Gasteiger partial charge >= 0.3 is 5.97 Å². The van der Waals surface area contributed by atoms with Gasteiger partial charge in [-0.05, 0) is 35.2 Å². The van der Waals surface area contributed by atoms with E-state index in [9.17, 15) is 4.79 Å². The van der Waals surface area contributed by atoms with E-state index in [2.05, 4.69) is 0 Å². The number of hydrogen-bond donors (Lipinski definition) is 2. The van der Waals surface area contributed by atoms with Crippen LogP contribution in [0, 0.1) is 0 Å². The molecule has 0 aliphatic rings. The number of ether oxygens (including phenoxy) is 1. The number of hydrogen-bond acceptors (Lipinski definition) is 3. The van der Waals surface area contributed by atoms with Gasteiger partial charge in [-0.1, -0.05) is 36.4 Å². The maximum atomic E-state index is 10.8. The lowest BCUT2D eigenvalue weighted by Crippen LogP contribution is -2.32. The average molecular weight is 271 g/mol. The molecule has 0 spiro atoms. The van der Waals surface area contributed by atoms with Gasteiger partial charge in [-0.3, -0.25) is 4.79 Å². The van der Waals surface area contributed by atoms with Crippen LogP contribution in [0.4, 0.5) is 0 Å². The molecule has 4 nitrogen and oxygen atoms in total. The van der Waals surface area contributed by atoms with Crippen molar-refractivity contribution in [3.8, 4) is 16.9 Å². The van der Waals surface area contributed by atoms with E-state index >= 15 is 0 Å². The molecule has 2 aromatic carbocycles. The molecule has 0 bridgehead atoms. The van der Waals surface area contributed by atoms with Crippen LogP contribution in [0.5, 0.6) is 5.75 Å². The fourth-order valence-electron chi connectivity index (χ4n) is 2.00. The van der Waals surface area contributed by atoms with Gasteiger partial charge in [-0.25, -0.2) is 0 Å². The van der Waals surface area contributed by atoms with E-state index in [1.54, 1.807) is 7.11 Å². The van der Waals surface area contributed by atoms with E-state index in [0.717, 1.165) is 22.4 Å². The summed E-state index contributed by atoms with van der Waals surface area (Å²) in [5, 5.41) is 8.85. The fourth-order valence-corrected chi connectivity index (χ4v) is 2.00. The maximum absolute atomic E-state index is 10.8. The minimum absolute atomic E-state index is 0.319. The fraction of sp³-hybridized carbons (Fsp3) is 0.188. The third kappa shape index (κ3) is 3.36. The number of carbonyl (C=O) groups is 1. The number of aliphatic carboxylic acids is 1. The summed E-state index contributed by atoms with van der Waals surface area (Å²) < 4.78 is 5.13. The van der Waals surface area contributed by atoms with Crippen molar-refractivity contribution in [1.29, 1.82) is 0 Å². The number of nitrogens with two attached hydrogens (primary N) is 1. The predicted molar refractivity (Wildman–Crippen MR) is 77.7 cm³/mol. The Morgan fingerprint density at radius 1 is 1.20 bits per heavy atom. The Balaban J connectivity index is 2.22. The summed E-state index contributed by atoms with van der Waals surface area (Å²) in [4.78, 5) is 10.8. The second-order valence-corrected chi connectivity index (χ2v) is 4.58. The third-order valence-electron chi connectivity index (χ3n) is 3.12. The lowest BCUT2D eigenvalue weighted by atomic mass is 9.99. The second-order valence-electron chi connectivity index (χ2n) is 4.58. The molecule has 4 heteroatoms. The summed E-state index contributed by atoms with van der Waals surface area (Å²) >= 11 is 0. The number of methoxy groups -OCH3 is 1. The van der Waals surface area contributed by atoms with E-state index in [1.807, 2.05) is 48.5 Å². The van der Waals surface area contributed by atoms with Gasteiger partial charge in [-0.15, -0.1) is 0 Å². The molecule has 104 valence electrons. The third-order valence-corrected chi connectivity index (χ3v) is 3.12. The van der Waals surface area contributed by atoms with Crippen LogP contribution < -0.4 is 10.5 Å². The number of rotatable bonds is 5. The van der Waals surface area contributed by atoms with Crippen LogP contribution in [0.3, 0.4) is 0 Å². The second kappa shape index (κ2) is 6.21. The first-order valence-corrected chi connectivity index (χ1v) is 6.32. The van der Waals surface area contributed by atoms with Crippen molar-refractivity contribution in [2.75, 3.05) is 7.11 Å². The summed E-state index contributed by atoms with van der Waals surface area (Å²) in [6, 6.07) is 14.6. The van der Waals surface area contributed by atoms with Crippen LogP contribution in [-0.2, 0) is 11.2 Å². The lowest BCUT2D eigenvalue weighted by molar-refractivity contribution is -0.138. The monoisotopic (exact) mass is 271 g/mol. The molecule has 3 N–H and O–H groups in total. The Labute approximate surface area is 117 Å². The Morgan fingerprint density at radius 2 is 1.90 bits per heavy atom. The van der Waals surface area contributed by atoms with Crippen molar-refractivity contribution in [3.63, 3.8) is 0 Å². The largest absolute Gasteiger partial charge is 0.497 e. The van der Waals surface area contributed by atoms with E-state index in [1.165, 1.54) is 0 Å². The highest BCUT2D eigenvalue weighted by atomic mass is 16.5. The molecular weight excluding hydrogens is 254 g/mol. The molecule has 0 saturated carbocycles. The molecular formula is C16H17NO3. The van der Waals surface area contributed by atoms with Crippen molar-refractivity contribution >= 4 is 5.97 Å². The highest BCUT2D eigenvalue weighted by Crippen LogP contribution is 2.23.